The van der Waals surface area contributed by atoms with Gasteiger partial charge in [0.05, 0.1) is 17.2 Å². The Hall–Kier alpha value is -3.22. The number of halogens is 2. The number of hydrogen-bond acceptors (Lipinski definition) is 4. The van der Waals surface area contributed by atoms with Crippen LogP contribution in [0.15, 0.2) is 72.8 Å². The lowest BCUT2D eigenvalue weighted by atomic mass is 9.94. The Morgan fingerprint density at radius 1 is 0.897 bits per heavy atom. The van der Waals surface area contributed by atoms with Crippen LogP contribution in [0.25, 0.3) is 0 Å². The minimum absolute atomic E-state index is 0.113. The molecular weight excluding hydrogens is 535 g/mol. The van der Waals surface area contributed by atoms with Gasteiger partial charge in [-0.05, 0) is 60.4 Å². The van der Waals surface area contributed by atoms with Crippen LogP contribution in [-0.2, 0) is 22.6 Å². The quantitative estimate of drug-likeness (QED) is 0.288. The zero-order chi connectivity index (χ0) is 27.6. The van der Waals surface area contributed by atoms with Gasteiger partial charge in [0.25, 0.3) is 5.91 Å². The largest absolute Gasteiger partial charge is 0.497 e. The molecule has 0 spiro atoms. The van der Waals surface area contributed by atoms with Crippen molar-refractivity contribution in [1.82, 2.24) is 10.2 Å². The molecule has 3 aromatic rings. The zero-order valence-electron chi connectivity index (χ0n) is 22.1. The maximum Gasteiger partial charge on any atom is 0.261 e. The number of benzene rings is 3. The lowest BCUT2D eigenvalue weighted by Crippen LogP contribution is -2.53. The summed E-state index contributed by atoms with van der Waals surface area (Å²) in [7, 11) is 1.59. The number of nitrogens with zero attached hydrogens (tertiary/aromatic N) is 1. The third-order valence-electron chi connectivity index (χ3n) is 6.98. The summed E-state index contributed by atoms with van der Waals surface area (Å²) in [6.07, 6.45) is 5.64. The number of carbonyl (C=O) groups is 2. The molecule has 6 nitrogen and oxygen atoms in total. The summed E-state index contributed by atoms with van der Waals surface area (Å²) in [6, 6.07) is 21.4. The van der Waals surface area contributed by atoms with Gasteiger partial charge in [-0.2, -0.15) is 0 Å². The standard InChI is InChI=1S/C31H34Cl2N2O4/c1-38-25-13-15-26(16-14-25)39-21-30(36)35(20-23-12-17-27(32)28(33)18-23)29(19-22-8-4-2-5-9-22)31(37)34-24-10-6-3-7-11-24/h2,4-5,8-9,12-18,24,29H,3,6-7,10-11,19-21H2,1H3,(H,34,37). The van der Waals surface area contributed by atoms with Crippen molar-refractivity contribution in [2.45, 2.75) is 57.2 Å². The van der Waals surface area contributed by atoms with Crippen LogP contribution in [0.4, 0.5) is 0 Å². The van der Waals surface area contributed by atoms with Crippen LogP contribution in [-0.4, -0.2) is 42.5 Å². The number of methoxy groups -OCH3 is 1. The minimum atomic E-state index is -0.740. The lowest BCUT2D eigenvalue weighted by molar-refractivity contribution is -0.143. The average molecular weight is 570 g/mol. The topological polar surface area (TPSA) is 67.9 Å². The summed E-state index contributed by atoms with van der Waals surface area (Å²) in [5, 5.41) is 4.05. The maximum absolute atomic E-state index is 13.8. The van der Waals surface area contributed by atoms with Crippen LogP contribution in [0.1, 0.15) is 43.2 Å². The molecule has 1 aliphatic rings. The number of rotatable bonds is 11. The van der Waals surface area contributed by atoms with Crippen molar-refractivity contribution in [3.05, 3.63) is 94.0 Å². The monoisotopic (exact) mass is 568 g/mol. The van der Waals surface area contributed by atoms with E-state index in [-0.39, 0.29) is 31.0 Å². The van der Waals surface area contributed by atoms with Gasteiger partial charge in [-0.15, -0.1) is 0 Å². The molecule has 2 amide bonds. The molecule has 1 unspecified atom stereocenters. The molecule has 0 aromatic heterocycles. The van der Waals surface area contributed by atoms with Crippen molar-refractivity contribution in [3.63, 3.8) is 0 Å². The Morgan fingerprint density at radius 3 is 2.26 bits per heavy atom. The highest BCUT2D eigenvalue weighted by Crippen LogP contribution is 2.25. The summed E-state index contributed by atoms with van der Waals surface area (Å²) >= 11 is 12.4. The third kappa shape index (κ3) is 8.38. The summed E-state index contributed by atoms with van der Waals surface area (Å²) in [5.41, 5.74) is 1.73. The molecule has 1 aliphatic carbocycles. The Labute approximate surface area is 240 Å². The SMILES string of the molecule is COc1ccc(OCC(=O)N(Cc2ccc(Cl)c(Cl)c2)C(Cc2ccccc2)C(=O)NC2CCCCC2)cc1. The van der Waals surface area contributed by atoms with Gasteiger partial charge in [0.15, 0.2) is 6.61 Å². The van der Waals surface area contributed by atoms with Crippen LogP contribution in [0.3, 0.4) is 0 Å². The molecule has 1 fully saturated rings. The Morgan fingerprint density at radius 2 is 1.59 bits per heavy atom. The molecule has 1 atom stereocenters. The number of ether oxygens (including phenoxy) is 2. The van der Waals surface area contributed by atoms with Gasteiger partial charge in [0.1, 0.15) is 17.5 Å². The predicted octanol–water partition coefficient (Wildman–Crippen LogP) is 6.47. The van der Waals surface area contributed by atoms with Gasteiger partial charge in [0, 0.05) is 19.0 Å². The first-order valence-electron chi connectivity index (χ1n) is 13.3. The van der Waals surface area contributed by atoms with Crippen LogP contribution < -0.4 is 14.8 Å². The van der Waals surface area contributed by atoms with Gasteiger partial charge in [-0.3, -0.25) is 9.59 Å². The summed E-state index contributed by atoms with van der Waals surface area (Å²) in [4.78, 5) is 29.2. The van der Waals surface area contributed by atoms with Crippen LogP contribution >= 0.6 is 23.2 Å². The minimum Gasteiger partial charge on any atom is -0.497 e. The van der Waals surface area contributed by atoms with Crippen molar-refractivity contribution in [2.75, 3.05) is 13.7 Å². The number of carbonyl (C=O) groups excluding carboxylic acids is 2. The Kier molecular flexibility index (Phi) is 10.5. The van der Waals surface area contributed by atoms with E-state index in [0.717, 1.165) is 36.8 Å². The second-order valence-electron chi connectivity index (χ2n) is 9.78. The van der Waals surface area contributed by atoms with E-state index in [1.807, 2.05) is 36.4 Å². The van der Waals surface area contributed by atoms with Gasteiger partial charge in [0.2, 0.25) is 5.91 Å². The van der Waals surface area contributed by atoms with E-state index in [4.69, 9.17) is 32.7 Å². The van der Waals surface area contributed by atoms with Crippen molar-refractivity contribution in [1.29, 1.82) is 0 Å². The zero-order valence-corrected chi connectivity index (χ0v) is 23.6. The summed E-state index contributed by atoms with van der Waals surface area (Å²) in [5.74, 6) is 0.752. The van der Waals surface area contributed by atoms with Crippen LogP contribution in [0.5, 0.6) is 11.5 Å². The number of hydrogen-bond donors (Lipinski definition) is 1. The van der Waals surface area contributed by atoms with E-state index in [2.05, 4.69) is 5.32 Å². The van der Waals surface area contributed by atoms with Crippen molar-refractivity contribution in [2.24, 2.45) is 0 Å². The molecule has 0 bridgehead atoms. The van der Waals surface area contributed by atoms with Gasteiger partial charge in [-0.1, -0.05) is 78.9 Å². The molecule has 4 rings (SSSR count). The number of nitrogens with one attached hydrogen (secondary N) is 1. The third-order valence-corrected chi connectivity index (χ3v) is 7.72. The highest BCUT2D eigenvalue weighted by Gasteiger charge is 2.32. The highest BCUT2D eigenvalue weighted by atomic mass is 35.5. The van der Waals surface area contributed by atoms with Crippen LogP contribution in [0, 0.1) is 0 Å². The molecule has 0 radical (unpaired) electrons. The van der Waals surface area contributed by atoms with E-state index < -0.39 is 6.04 Å². The molecular formula is C31H34Cl2N2O4. The molecule has 0 aliphatic heterocycles. The first kappa shape index (κ1) is 28.8. The average Bonchev–Trinajstić information content (AvgIpc) is 2.96. The van der Waals surface area contributed by atoms with E-state index in [9.17, 15) is 9.59 Å². The first-order valence-corrected chi connectivity index (χ1v) is 14.0. The molecule has 8 heteroatoms. The van der Waals surface area contributed by atoms with Crippen molar-refractivity contribution < 1.29 is 19.1 Å². The number of amides is 2. The van der Waals surface area contributed by atoms with Crippen LogP contribution in [0.2, 0.25) is 10.0 Å². The Bertz CT molecular complexity index is 1230. The fourth-order valence-electron chi connectivity index (χ4n) is 4.83. The molecule has 0 heterocycles. The molecule has 39 heavy (non-hydrogen) atoms. The van der Waals surface area contributed by atoms with E-state index in [1.54, 1.807) is 48.4 Å². The lowest BCUT2D eigenvalue weighted by Gasteiger charge is -2.33. The fraction of sp³-hybridized carbons (Fsp3) is 0.355. The fourth-order valence-corrected chi connectivity index (χ4v) is 5.15. The maximum atomic E-state index is 13.8. The first-order chi connectivity index (χ1) is 18.9. The second-order valence-corrected chi connectivity index (χ2v) is 10.6. The highest BCUT2D eigenvalue weighted by molar-refractivity contribution is 6.42. The van der Waals surface area contributed by atoms with Gasteiger partial charge in [-0.25, -0.2) is 0 Å². The normalized spacial score (nSPS) is 14.3. The summed E-state index contributed by atoms with van der Waals surface area (Å²) < 4.78 is 11.0. The summed E-state index contributed by atoms with van der Waals surface area (Å²) in [6.45, 7) is -0.0487. The molecule has 3 aromatic carbocycles. The van der Waals surface area contributed by atoms with Gasteiger partial charge >= 0.3 is 0 Å². The van der Waals surface area contributed by atoms with Crippen molar-refractivity contribution in [3.8, 4) is 11.5 Å². The molecule has 1 saturated carbocycles. The van der Waals surface area contributed by atoms with E-state index in [1.165, 1.54) is 6.42 Å². The molecule has 206 valence electrons. The predicted molar refractivity (Wildman–Crippen MR) is 154 cm³/mol. The molecule has 1 N–H and O–H groups in total. The van der Waals surface area contributed by atoms with E-state index >= 15 is 0 Å². The second kappa shape index (κ2) is 14.2. The Balaban J connectivity index is 1.61. The van der Waals surface area contributed by atoms with Gasteiger partial charge < -0.3 is 19.7 Å². The van der Waals surface area contributed by atoms with Crippen molar-refractivity contribution >= 4 is 35.0 Å². The smallest absolute Gasteiger partial charge is 0.261 e. The molecule has 0 saturated heterocycles. The van der Waals surface area contributed by atoms with E-state index in [0.29, 0.717) is 28.0 Å².